The zero-order valence-electron chi connectivity index (χ0n) is 12.3. The van der Waals surface area contributed by atoms with E-state index in [4.69, 9.17) is 5.73 Å². The molecule has 1 atom stereocenters. The van der Waals surface area contributed by atoms with Crippen molar-refractivity contribution in [3.63, 3.8) is 0 Å². The molecule has 4 nitrogen and oxygen atoms in total. The van der Waals surface area contributed by atoms with E-state index in [1.54, 1.807) is 6.92 Å². The van der Waals surface area contributed by atoms with Gasteiger partial charge < -0.3 is 5.73 Å². The molecular weight excluding hydrogens is 291 g/mol. The molecular formula is C15H21FN2O2S. The normalized spacial score (nSPS) is 12.6. The van der Waals surface area contributed by atoms with E-state index in [9.17, 15) is 12.8 Å². The van der Waals surface area contributed by atoms with Crippen LogP contribution in [0.2, 0.25) is 0 Å². The van der Waals surface area contributed by atoms with Gasteiger partial charge in [0.05, 0.1) is 6.54 Å². The van der Waals surface area contributed by atoms with Crippen LogP contribution in [0.15, 0.2) is 23.1 Å². The van der Waals surface area contributed by atoms with Gasteiger partial charge in [0.15, 0.2) is 0 Å². The SMILES string of the molecule is CCCCC(C)NS(=O)(=O)c1ccc(C#CCN)cc1F. The molecule has 3 N–H and O–H groups in total. The summed E-state index contributed by atoms with van der Waals surface area (Å²) in [6.45, 7) is 3.96. The molecule has 0 saturated heterocycles. The van der Waals surface area contributed by atoms with Crippen LogP contribution in [-0.2, 0) is 10.0 Å². The molecule has 0 heterocycles. The molecule has 0 aromatic heterocycles. The van der Waals surface area contributed by atoms with Gasteiger partial charge in [0.2, 0.25) is 10.0 Å². The number of nitrogens with one attached hydrogen (secondary N) is 1. The van der Waals surface area contributed by atoms with Gasteiger partial charge in [0.1, 0.15) is 10.7 Å². The van der Waals surface area contributed by atoms with Crippen LogP contribution in [0.1, 0.15) is 38.7 Å². The lowest BCUT2D eigenvalue weighted by atomic mass is 10.2. The molecule has 21 heavy (non-hydrogen) atoms. The van der Waals surface area contributed by atoms with Crippen molar-refractivity contribution in [3.05, 3.63) is 29.6 Å². The second kappa shape index (κ2) is 8.13. The van der Waals surface area contributed by atoms with Gasteiger partial charge in [-0.3, -0.25) is 0 Å². The summed E-state index contributed by atoms with van der Waals surface area (Å²) in [5, 5.41) is 0. The first-order valence-electron chi connectivity index (χ1n) is 6.91. The number of hydrogen-bond donors (Lipinski definition) is 2. The Labute approximate surface area is 126 Å². The summed E-state index contributed by atoms with van der Waals surface area (Å²) in [7, 11) is -3.86. The largest absolute Gasteiger partial charge is 0.320 e. The van der Waals surface area contributed by atoms with Gasteiger partial charge in [-0.05, 0) is 31.5 Å². The lowest BCUT2D eigenvalue weighted by Gasteiger charge is -2.14. The molecule has 0 spiro atoms. The lowest BCUT2D eigenvalue weighted by molar-refractivity contribution is 0.524. The molecule has 1 aromatic rings. The van der Waals surface area contributed by atoms with Gasteiger partial charge in [-0.15, -0.1) is 0 Å². The molecule has 0 saturated carbocycles. The third-order valence-corrected chi connectivity index (χ3v) is 4.53. The van der Waals surface area contributed by atoms with Crippen LogP contribution in [0.25, 0.3) is 0 Å². The molecule has 0 amide bonds. The van der Waals surface area contributed by atoms with Gasteiger partial charge in [-0.2, -0.15) is 0 Å². The van der Waals surface area contributed by atoms with Gasteiger partial charge in [-0.25, -0.2) is 17.5 Å². The summed E-state index contributed by atoms with van der Waals surface area (Å²) in [6.07, 6.45) is 2.62. The topological polar surface area (TPSA) is 72.2 Å². The van der Waals surface area contributed by atoms with E-state index < -0.39 is 15.8 Å². The quantitative estimate of drug-likeness (QED) is 0.789. The van der Waals surface area contributed by atoms with Crippen LogP contribution in [0.3, 0.4) is 0 Å². The number of rotatable bonds is 6. The predicted octanol–water partition coefficient (Wildman–Crippen LogP) is 1.99. The first-order chi connectivity index (χ1) is 9.90. The Morgan fingerprint density at radius 2 is 2.14 bits per heavy atom. The maximum atomic E-state index is 14.0. The van der Waals surface area contributed by atoms with E-state index in [1.165, 1.54) is 12.1 Å². The van der Waals surface area contributed by atoms with Crippen molar-refractivity contribution in [2.75, 3.05) is 6.54 Å². The summed E-state index contributed by atoms with van der Waals surface area (Å²) in [5.74, 6) is 4.44. The fourth-order valence-corrected chi connectivity index (χ4v) is 3.18. The Morgan fingerprint density at radius 1 is 1.43 bits per heavy atom. The number of benzene rings is 1. The van der Waals surface area contributed by atoms with Crippen LogP contribution < -0.4 is 10.5 Å². The van der Waals surface area contributed by atoms with E-state index in [0.29, 0.717) is 5.56 Å². The van der Waals surface area contributed by atoms with E-state index in [2.05, 4.69) is 16.6 Å². The van der Waals surface area contributed by atoms with E-state index >= 15 is 0 Å². The summed E-state index contributed by atoms with van der Waals surface area (Å²) < 4.78 is 40.7. The molecule has 0 radical (unpaired) electrons. The Bertz CT molecular complexity index is 633. The molecule has 0 bridgehead atoms. The van der Waals surface area contributed by atoms with Gasteiger partial charge >= 0.3 is 0 Å². The predicted molar refractivity (Wildman–Crippen MR) is 81.6 cm³/mol. The highest BCUT2D eigenvalue weighted by molar-refractivity contribution is 7.89. The third kappa shape index (κ3) is 5.46. The van der Waals surface area contributed by atoms with Crippen molar-refractivity contribution < 1.29 is 12.8 Å². The van der Waals surface area contributed by atoms with Crippen LogP contribution in [0.5, 0.6) is 0 Å². The maximum absolute atomic E-state index is 14.0. The lowest BCUT2D eigenvalue weighted by Crippen LogP contribution is -2.33. The van der Waals surface area contributed by atoms with Crippen molar-refractivity contribution >= 4 is 10.0 Å². The molecule has 1 unspecified atom stereocenters. The second-order valence-corrected chi connectivity index (χ2v) is 6.50. The number of hydrogen-bond acceptors (Lipinski definition) is 3. The highest BCUT2D eigenvalue weighted by atomic mass is 32.2. The fourth-order valence-electron chi connectivity index (χ4n) is 1.85. The van der Waals surface area contributed by atoms with E-state index in [0.717, 1.165) is 25.3 Å². The number of sulfonamides is 1. The van der Waals surface area contributed by atoms with Crippen LogP contribution >= 0.6 is 0 Å². The average molecular weight is 312 g/mol. The Balaban J connectivity index is 2.93. The maximum Gasteiger partial charge on any atom is 0.243 e. The summed E-state index contributed by atoms with van der Waals surface area (Å²) in [4.78, 5) is -0.357. The zero-order valence-corrected chi connectivity index (χ0v) is 13.1. The Hall–Kier alpha value is -1.42. The zero-order chi connectivity index (χ0) is 15.9. The van der Waals surface area contributed by atoms with Gasteiger partial charge in [0, 0.05) is 11.6 Å². The van der Waals surface area contributed by atoms with E-state index in [1.807, 2.05) is 6.92 Å². The molecule has 0 aliphatic rings. The standard InChI is InChI=1S/C15H21FN2O2S/c1-3-4-6-12(2)18-21(19,20)15-9-8-13(7-5-10-17)11-14(15)16/h8-9,11-12,18H,3-4,6,10,17H2,1-2H3. The first kappa shape index (κ1) is 17.6. The minimum atomic E-state index is -3.86. The van der Waals surface area contributed by atoms with Crippen molar-refractivity contribution in [1.82, 2.24) is 4.72 Å². The minimum Gasteiger partial charge on any atom is -0.320 e. The molecule has 0 fully saturated rings. The Kier molecular flexibility index (Phi) is 6.82. The van der Waals surface area contributed by atoms with Crippen LogP contribution in [0, 0.1) is 17.7 Å². The smallest absolute Gasteiger partial charge is 0.243 e. The molecule has 1 aromatic carbocycles. The van der Waals surface area contributed by atoms with Crippen molar-refractivity contribution in [3.8, 4) is 11.8 Å². The molecule has 0 aliphatic heterocycles. The van der Waals surface area contributed by atoms with Crippen LogP contribution in [-0.4, -0.2) is 21.0 Å². The molecule has 1 rings (SSSR count). The van der Waals surface area contributed by atoms with Gasteiger partial charge in [0.25, 0.3) is 0 Å². The number of unbranched alkanes of at least 4 members (excludes halogenated alkanes) is 1. The van der Waals surface area contributed by atoms with E-state index in [-0.39, 0.29) is 17.5 Å². The summed E-state index contributed by atoms with van der Waals surface area (Å²) in [5.41, 5.74) is 5.63. The Morgan fingerprint density at radius 3 is 2.71 bits per heavy atom. The number of halogens is 1. The van der Waals surface area contributed by atoms with Crippen LogP contribution in [0.4, 0.5) is 4.39 Å². The summed E-state index contributed by atoms with van der Waals surface area (Å²) >= 11 is 0. The highest BCUT2D eigenvalue weighted by Crippen LogP contribution is 2.16. The van der Waals surface area contributed by atoms with Crippen molar-refractivity contribution in [2.45, 2.75) is 44.0 Å². The fraction of sp³-hybridized carbons (Fsp3) is 0.467. The third-order valence-electron chi connectivity index (χ3n) is 2.90. The van der Waals surface area contributed by atoms with Crippen molar-refractivity contribution in [2.24, 2.45) is 5.73 Å². The average Bonchev–Trinajstić information content (AvgIpc) is 2.42. The molecule has 116 valence electrons. The second-order valence-electron chi connectivity index (χ2n) is 4.82. The van der Waals surface area contributed by atoms with Gasteiger partial charge in [-0.1, -0.05) is 31.6 Å². The highest BCUT2D eigenvalue weighted by Gasteiger charge is 2.21. The molecule has 6 heteroatoms. The monoisotopic (exact) mass is 312 g/mol. The summed E-state index contributed by atoms with van der Waals surface area (Å²) in [6, 6.07) is 3.57. The molecule has 0 aliphatic carbocycles. The number of nitrogens with two attached hydrogens (primary N) is 1. The van der Waals surface area contributed by atoms with Crippen molar-refractivity contribution in [1.29, 1.82) is 0 Å². The first-order valence-corrected chi connectivity index (χ1v) is 8.39. The minimum absolute atomic E-state index is 0.165.